The van der Waals surface area contributed by atoms with Crippen molar-refractivity contribution in [2.75, 3.05) is 6.61 Å². The zero-order valence-corrected chi connectivity index (χ0v) is 16.8. The van der Waals surface area contributed by atoms with Gasteiger partial charge in [0.2, 0.25) is 5.88 Å². The molecule has 0 saturated carbocycles. The summed E-state index contributed by atoms with van der Waals surface area (Å²) in [5.74, 6) is -0.0536. The van der Waals surface area contributed by atoms with E-state index in [-0.39, 0.29) is 11.6 Å². The maximum absolute atomic E-state index is 13.0. The van der Waals surface area contributed by atoms with E-state index in [0.717, 1.165) is 41.9 Å². The molecular weight excluding hydrogens is 409 g/mol. The van der Waals surface area contributed by atoms with E-state index < -0.39 is 17.6 Å². The van der Waals surface area contributed by atoms with E-state index in [4.69, 9.17) is 4.74 Å². The van der Waals surface area contributed by atoms with Crippen LogP contribution >= 0.6 is 0 Å². The number of hydrogen-bond acceptors (Lipinski definition) is 4. The number of ether oxygens (including phenoxy) is 1. The van der Waals surface area contributed by atoms with E-state index in [1.807, 2.05) is 13.1 Å². The first kappa shape index (κ1) is 20.9. The van der Waals surface area contributed by atoms with Crippen LogP contribution in [-0.4, -0.2) is 27.3 Å². The zero-order chi connectivity index (χ0) is 22.0. The summed E-state index contributed by atoms with van der Waals surface area (Å²) >= 11 is 0. The predicted molar refractivity (Wildman–Crippen MR) is 107 cm³/mol. The molecule has 4 rings (SSSR count). The first-order valence-electron chi connectivity index (χ1n) is 10.0. The standard InChI is InChI=1S/C22H21F3N4O2/c1-2-31-20-12-16(9-10-26-20)29-13-17-18(7-4-8-19(17)28-29)27-21(30)14-5-3-6-15(11-14)22(23,24)25/h3,5-6,9-13,18H,2,4,7-8H2,1H3,(H,27,30)/t18-/m1/s1. The molecule has 1 N–H and O–H groups in total. The number of fused-ring (bicyclic) bond motifs is 1. The fourth-order valence-corrected chi connectivity index (χ4v) is 3.67. The number of alkyl halides is 3. The summed E-state index contributed by atoms with van der Waals surface area (Å²) in [5, 5.41) is 7.50. The predicted octanol–water partition coefficient (Wildman–Crippen LogP) is 4.49. The summed E-state index contributed by atoms with van der Waals surface area (Å²) in [6.45, 7) is 2.37. The molecule has 1 aliphatic rings. The third-order valence-corrected chi connectivity index (χ3v) is 5.14. The van der Waals surface area contributed by atoms with E-state index in [1.165, 1.54) is 12.1 Å². The number of aryl methyl sites for hydroxylation is 1. The van der Waals surface area contributed by atoms with E-state index >= 15 is 0 Å². The third-order valence-electron chi connectivity index (χ3n) is 5.14. The van der Waals surface area contributed by atoms with Gasteiger partial charge in [-0.05, 0) is 50.5 Å². The highest BCUT2D eigenvalue weighted by atomic mass is 19.4. The first-order chi connectivity index (χ1) is 14.8. The van der Waals surface area contributed by atoms with Gasteiger partial charge in [0.15, 0.2) is 0 Å². The molecule has 0 radical (unpaired) electrons. The van der Waals surface area contributed by atoms with Crippen molar-refractivity contribution in [1.82, 2.24) is 20.1 Å². The molecule has 31 heavy (non-hydrogen) atoms. The fourth-order valence-electron chi connectivity index (χ4n) is 3.67. The largest absolute Gasteiger partial charge is 0.478 e. The summed E-state index contributed by atoms with van der Waals surface area (Å²) in [5.41, 5.74) is 1.62. The number of carbonyl (C=O) groups excluding carboxylic acids is 1. The molecule has 1 amide bonds. The summed E-state index contributed by atoms with van der Waals surface area (Å²) in [6, 6.07) is 7.69. The van der Waals surface area contributed by atoms with Gasteiger partial charge in [0.1, 0.15) is 0 Å². The summed E-state index contributed by atoms with van der Waals surface area (Å²) in [6.07, 6.45) is 1.24. The Morgan fingerprint density at radius 2 is 2.13 bits per heavy atom. The van der Waals surface area contributed by atoms with Crippen molar-refractivity contribution in [2.24, 2.45) is 0 Å². The van der Waals surface area contributed by atoms with Crippen molar-refractivity contribution < 1.29 is 22.7 Å². The molecule has 2 heterocycles. The maximum Gasteiger partial charge on any atom is 0.416 e. The van der Waals surface area contributed by atoms with Crippen molar-refractivity contribution >= 4 is 5.91 Å². The van der Waals surface area contributed by atoms with Crippen LogP contribution in [0.3, 0.4) is 0 Å². The highest BCUT2D eigenvalue weighted by Gasteiger charge is 2.31. The van der Waals surface area contributed by atoms with Crippen LogP contribution in [0.15, 0.2) is 48.8 Å². The Labute approximate surface area is 177 Å². The molecule has 162 valence electrons. The van der Waals surface area contributed by atoms with Crippen LogP contribution in [0.5, 0.6) is 5.88 Å². The number of amides is 1. The molecule has 3 aromatic rings. The van der Waals surface area contributed by atoms with Crippen LogP contribution in [0.2, 0.25) is 0 Å². The molecule has 0 saturated heterocycles. The Morgan fingerprint density at radius 3 is 2.90 bits per heavy atom. The van der Waals surface area contributed by atoms with E-state index in [2.05, 4.69) is 15.4 Å². The van der Waals surface area contributed by atoms with E-state index in [1.54, 1.807) is 23.0 Å². The number of hydrogen-bond donors (Lipinski definition) is 1. The molecule has 1 atom stereocenters. The molecule has 0 spiro atoms. The summed E-state index contributed by atoms with van der Waals surface area (Å²) in [4.78, 5) is 16.8. The first-order valence-corrected chi connectivity index (χ1v) is 10.0. The van der Waals surface area contributed by atoms with Gasteiger partial charge >= 0.3 is 6.18 Å². The summed E-state index contributed by atoms with van der Waals surface area (Å²) in [7, 11) is 0. The number of pyridine rings is 1. The molecule has 0 unspecified atom stereocenters. The fraction of sp³-hybridized carbons (Fsp3) is 0.318. The Bertz CT molecular complexity index is 1090. The van der Waals surface area contributed by atoms with Crippen LogP contribution in [0.25, 0.3) is 5.69 Å². The van der Waals surface area contributed by atoms with Crippen molar-refractivity contribution in [2.45, 2.75) is 38.4 Å². The molecule has 2 aromatic heterocycles. The van der Waals surface area contributed by atoms with Crippen molar-refractivity contribution in [3.63, 3.8) is 0 Å². The average Bonchev–Trinajstić information content (AvgIpc) is 3.19. The lowest BCUT2D eigenvalue weighted by Gasteiger charge is -2.22. The van der Waals surface area contributed by atoms with Gasteiger partial charge in [0.05, 0.1) is 29.6 Å². The highest BCUT2D eigenvalue weighted by Crippen LogP contribution is 2.32. The van der Waals surface area contributed by atoms with Crippen LogP contribution in [0, 0.1) is 0 Å². The number of benzene rings is 1. The van der Waals surface area contributed by atoms with Gasteiger partial charge in [-0.3, -0.25) is 4.79 Å². The Morgan fingerprint density at radius 1 is 1.29 bits per heavy atom. The quantitative estimate of drug-likeness (QED) is 0.648. The lowest BCUT2D eigenvalue weighted by Crippen LogP contribution is -2.30. The highest BCUT2D eigenvalue weighted by molar-refractivity contribution is 5.94. The van der Waals surface area contributed by atoms with Crippen LogP contribution < -0.4 is 10.1 Å². The second-order valence-corrected chi connectivity index (χ2v) is 7.26. The number of nitrogens with one attached hydrogen (secondary N) is 1. The van der Waals surface area contributed by atoms with Crippen molar-refractivity contribution in [1.29, 1.82) is 0 Å². The maximum atomic E-state index is 13.0. The van der Waals surface area contributed by atoms with Gasteiger partial charge in [-0.1, -0.05) is 6.07 Å². The molecule has 1 aromatic carbocycles. The minimum absolute atomic E-state index is 0.0233. The number of halogens is 3. The number of carbonyl (C=O) groups is 1. The molecular formula is C22H21F3N4O2. The zero-order valence-electron chi connectivity index (χ0n) is 16.8. The van der Waals surface area contributed by atoms with Gasteiger partial charge in [-0.15, -0.1) is 0 Å². The smallest absolute Gasteiger partial charge is 0.416 e. The van der Waals surface area contributed by atoms with Gasteiger partial charge in [-0.25, -0.2) is 9.67 Å². The van der Waals surface area contributed by atoms with Gasteiger partial charge in [0.25, 0.3) is 5.91 Å². The Kier molecular flexibility index (Phi) is 5.67. The minimum Gasteiger partial charge on any atom is -0.478 e. The molecule has 6 nitrogen and oxygen atoms in total. The number of aromatic nitrogens is 3. The Hall–Kier alpha value is -3.36. The molecule has 1 aliphatic carbocycles. The summed E-state index contributed by atoms with van der Waals surface area (Å²) < 4.78 is 46.1. The van der Waals surface area contributed by atoms with Crippen molar-refractivity contribution in [3.8, 4) is 11.6 Å². The third kappa shape index (κ3) is 4.55. The second-order valence-electron chi connectivity index (χ2n) is 7.26. The van der Waals surface area contributed by atoms with Crippen LogP contribution in [0.4, 0.5) is 13.2 Å². The minimum atomic E-state index is -4.50. The lowest BCUT2D eigenvalue weighted by molar-refractivity contribution is -0.137. The molecule has 0 aliphatic heterocycles. The van der Waals surface area contributed by atoms with Gasteiger partial charge in [0, 0.05) is 29.6 Å². The second kappa shape index (κ2) is 8.41. The van der Waals surface area contributed by atoms with Crippen LogP contribution in [-0.2, 0) is 12.6 Å². The topological polar surface area (TPSA) is 69.0 Å². The van der Waals surface area contributed by atoms with Gasteiger partial charge < -0.3 is 10.1 Å². The molecule has 9 heteroatoms. The molecule has 0 bridgehead atoms. The van der Waals surface area contributed by atoms with E-state index in [9.17, 15) is 18.0 Å². The normalized spacial score (nSPS) is 15.9. The lowest BCUT2D eigenvalue weighted by atomic mass is 9.93. The molecule has 0 fully saturated rings. The van der Waals surface area contributed by atoms with Crippen molar-refractivity contribution in [3.05, 3.63) is 71.2 Å². The van der Waals surface area contributed by atoms with Gasteiger partial charge in [-0.2, -0.15) is 18.3 Å². The number of nitrogens with zero attached hydrogens (tertiary/aromatic N) is 3. The monoisotopic (exact) mass is 430 g/mol. The average molecular weight is 430 g/mol. The number of rotatable bonds is 5. The Balaban J connectivity index is 1.57. The SMILES string of the molecule is CCOc1cc(-n2cc3c(n2)CCC[C@H]3NC(=O)c2cccc(C(F)(F)F)c2)ccn1. The van der Waals surface area contributed by atoms with E-state index in [0.29, 0.717) is 18.9 Å². The van der Waals surface area contributed by atoms with Crippen LogP contribution in [0.1, 0.15) is 53.0 Å².